The highest BCUT2D eigenvalue weighted by Crippen LogP contribution is 2.44. The third kappa shape index (κ3) is 3.20. The van der Waals surface area contributed by atoms with Crippen molar-refractivity contribution in [3.8, 4) is 0 Å². The van der Waals surface area contributed by atoms with Gasteiger partial charge in [0, 0.05) is 4.57 Å². The summed E-state index contributed by atoms with van der Waals surface area (Å²) in [5.41, 5.74) is 0. The molecule has 9 heteroatoms. The summed E-state index contributed by atoms with van der Waals surface area (Å²) in [6.45, 7) is 7.34. The predicted molar refractivity (Wildman–Crippen MR) is 73.1 cm³/mol. The lowest BCUT2D eigenvalue weighted by atomic mass is 9.99. The van der Waals surface area contributed by atoms with Gasteiger partial charge in [-0.25, -0.2) is 0 Å². The van der Waals surface area contributed by atoms with E-state index in [0.29, 0.717) is 0 Å². The number of fused-ring (bicyclic) bond motifs is 3. The van der Waals surface area contributed by atoms with Crippen LogP contribution in [0.15, 0.2) is 0 Å². The fourth-order valence-corrected chi connectivity index (χ4v) is 3.39. The monoisotopic (exact) mass is 337 g/mol. The molecule has 0 aliphatic carbocycles. The van der Waals surface area contributed by atoms with Gasteiger partial charge in [0.15, 0.2) is 17.9 Å². The van der Waals surface area contributed by atoms with Gasteiger partial charge in [-0.1, -0.05) is 0 Å². The SMILES string of the molecule is CO[P+](=O)OC[C@H]1O[C@@H]2OC(C)(C)O[C@@H]2[C@H]2OC(C)(C)O[C@H]21. The smallest absolute Gasteiger partial charge is 0.342 e. The number of hydrogen-bond acceptors (Lipinski definition) is 8. The van der Waals surface area contributed by atoms with Crippen molar-refractivity contribution in [3.05, 3.63) is 0 Å². The van der Waals surface area contributed by atoms with Crippen LogP contribution >= 0.6 is 8.25 Å². The van der Waals surface area contributed by atoms with Gasteiger partial charge in [0.2, 0.25) is 0 Å². The summed E-state index contributed by atoms with van der Waals surface area (Å²) in [4.78, 5) is 0. The van der Waals surface area contributed by atoms with Gasteiger partial charge in [-0.2, -0.15) is 0 Å². The molecule has 0 aromatic carbocycles. The molecule has 3 rings (SSSR count). The summed E-state index contributed by atoms with van der Waals surface area (Å²) < 4.78 is 50.5. The lowest BCUT2D eigenvalue weighted by Gasteiger charge is -2.36. The van der Waals surface area contributed by atoms with Crippen LogP contribution in [0.1, 0.15) is 27.7 Å². The highest BCUT2D eigenvalue weighted by atomic mass is 31.1. The molecular formula is C13H22O8P+. The molecule has 6 atom stereocenters. The molecule has 0 spiro atoms. The normalized spacial score (nSPS) is 42.8. The molecule has 0 radical (unpaired) electrons. The molecule has 0 saturated carbocycles. The van der Waals surface area contributed by atoms with Crippen LogP contribution in [0.4, 0.5) is 0 Å². The van der Waals surface area contributed by atoms with Crippen LogP contribution in [-0.4, -0.2) is 56.0 Å². The van der Waals surface area contributed by atoms with E-state index in [0.717, 1.165) is 0 Å². The molecule has 3 saturated heterocycles. The maximum Gasteiger partial charge on any atom is 0.697 e. The van der Waals surface area contributed by atoms with Crippen molar-refractivity contribution >= 4 is 8.25 Å². The number of rotatable bonds is 4. The molecule has 3 aliphatic rings. The first-order valence-electron chi connectivity index (χ1n) is 7.22. The minimum atomic E-state index is -2.18. The molecule has 22 heavy (non-hydrogen) atoms. The van der Waals surface area contributed by atoms with E-state index < -0.39 is 38.3 Å². The molecule has 3 aliphatic heterocycles. The second kappa shape index (κ2) is 5.72. The number of ether oxygens (including phenoxy) is 5. The van der Waals surface area contributed by atoms with Gasteiger partial charge in [-0.3, -0.25) is 0 Å². The van der Waals surface area contributed by atoms with Crippen molar-refractivity contribution in [2.24, 2.45) is 0 Å². The van der Waals surface area contributed by atoms with Crippen LogP contribution in [0.5, 0.6) is 0 Å². The molecular weight excluding hydrogens is 315 g/mol. The molecule has 126 valence electrons. The number of hydrogen-bond donors (Lipinski definition) is 0. The van der Waals surface area contributed by atoms with Crippen LogP contribution in [-0.2, 0) is 37.3 Å². The molecule has 1 unspecified atom stereocenters. The first kappa shape index (κ1) is 16.7. The average molecular weight is 337 g/mol. The minimum absolute atomic E-state index is 0.0522. The van der Waals surface area contributed by atoms with Gasteiger partial charge in [0.1, 0.15) is 31.0 Å². The zero-order valence-corrected chi connectivity index (χ0v) is 14.2. The fraction of sp³-hybridized carbons (Fsp3) is 1.00. The summed E-state index contributed by atoms with van der Waals surface area (Å²) in [7, 11) is -0.863. The molecule has 3 fully saturated rings. The molecule has 0 bridgehead atoms. The standard InChI is InChI=1S/C13H22O8P/c1-12(2)18-8-7(6-16-22(14)15-5)17-11-10(9(8)19-12)20-13(3,4)21-11/h7-11H,6H2,1-5H3/q+1/t7-,8+,9+,10-,11-/m1/s1. The summed E-state index contributed by atoms with van der Waals surface area (Å²) in [5.74, 6) is -1.52. The Morgan fingerprint density at radius 2 is 1.55 bits per heavy atom. The quantitative estimate of drug-likeness (QED) is 0.717. The van der Waals surface area contributed by atoms with Crippen LogP contribution < -0.4 is 0 Å². The Morgan fingerprint density at radius 3 is 2.23 bits per heavy atom. The Bertz CT molecular complexity index is 453. The van der Waals surface area contributed by atoms with E-state index in [9.17, 15) is 4.57 Å². The molecule has 3 heterocycles. The minimum Gasteiger partial charge on any atom is -0.342 e. The van der Waals surface area contributed by atoms with Gasteiger partial charge in [0.05, 0.1) is 7.11 Å². The van der Waals surface area contributed by atoms with Crippen molar-refractivity contribution in [3.63, 3.8) is 0 Å². The molecule has 0 aromatic heterocycles. The average Bonchev–Trinajstić information content (AvgIpc) is 2.89. The van der Waals surface area contributed by atoms with Crippen molar-refractivity contribution in [2.75, 3.05) is 13.7 Å². The lowest BCUT2D eigenvalue weighted by molar-refractivity contribution is -0.238. The zero-order chi connectivity index (χ0) is 16.1. The Hall–Kier alpha value is -0.180. The van der Waals surface area contributed by atoms with Gasteiger partial charge in [-0.15, -0.1) is 9.05 Å². The molecule has 0 N–H and O–H groups in total. The first-order valence-corrected chi connectivity index (χ1v) is 8.31. The van der Waals surface area contributed by atoms with Crippen LogP contribution in [0.25, 0.3) is 0 Å². The van der Waals surface area contributed by atoms with Crippen molar-refractivity contribution in [1.29, 1.82) is 0 Å². The Kier molecular flexibility index (Phi) is 4.33. The highest BCUT2D eigenvalue weighted by molar-refractivity contribution is 7.33. The van der Waals surface area contributed by atoms with Gasteiger partial charge in [-0.05, 0) is 27.7 Å². The lowest BCUT2D eigenvalue weighted by Crippen LogP contribution is -2.56. The van der Waals surface area contributed by atoms with Crippen molar-refractivity contribution in [1.82, 2.24) is 0 Å². The Labute approximate surface area is 130 Å². The third-order valence-electron chi connectivity index (χ3n) is 3.74. The molecule has 0 amide bonds. The van der Waals surface area contributed by atoms with Gasteiger partial charge in [0.25, 0.3) is 0 Å². The summed E-state index contributed by atoms with van der Waals surface area (Å²) in [6, 6.07) is 0. The summed E-state index contributed by atoms with van der Waals surface area (Å²) in [6.07, 6.45) is -2.19. The van der Waals surface area contributed by atoms with Crippen LogP contribution in [0.3, 0.4) is 0 Å². The van der Waals surface area contributed by atoms with E-state index >= 15 is 0 Å². The van der Waals surface area contributed by atoms with Gasteiger partial charge < -0.3 is 23.7 Å². The van der Waals surface area contributed by atoms with E-state index in [2.05, 4.69) is 4.52 Å². The van der Waals surface area contributed by atoms with Crippen molar-refractivity contribution in [2.45, 2.75) is 70.0 Å². The van der Waals surface area contributed by atoms with Crippen LogP contribution in [0, 0.1) is 0 Å². The van der Waals surface area contributed by atoms with E-state index in [1.807, 2.05) is 27.7 Å². The largest absolute Gasteiger partial charge is 0.697 e. The van der Waals surface area contributed by atoms with E-state index in [1.165, 1.54) is 7.11 Å². The second-order valence-electron chi connectivity index (χ2n) is 6.41. The van der Waals surface area contributed by atoms with Crippen LogP contribution in [0.2, 0.25) is 0 Å². The van der Waals surface area contributed by atoms with Gasteiger partial charge >= 0.3 is 8.25 Å². The predicted octanol–water partition coefficient (Wildman–Crippen LogP) is 1.70. The summed E-state index contributed by atoms with van der Waals surface area (Å²) >= 11 is 0. The Morgan fingerprint density at radius 1 is 0.955 bits per heavy atom. The second-order valence-corrected chi connectivity index (χ2v) is 7.48. The van der Waals surface area contributed by atoms with Crippen molar-refractivity contribution < 1.29 is 37.3 Å². The molecule has 8 nitrogen and oxygen atoms in total. The summed E-state index contributed by atoms with van der Waals surface area (Å²) in [5, 5.41) is 0. The third-order valence-corrected chi connectivity index (χ3v) is 4.40. The maximum atomic E-state index is 11.3. The highest BCUT2D eigenvalue weighted by Gasteiger charge is 2.61. The molecule has 0 aromatic rings. The first-order chi connectivity index (χ1) is 10.2. The topological polar surface area (TPSA) is 81.7 Å². The fourth-order valence-electron chi connectivity index (χ4n) is 3.01. The van der Waals surface area contributed by atoms with E-state index in [1.54, 1.807) is 0 Å². The van der Waals surface area contributed by atoms with E-state index in [4.69, 9.17) is 28.2 Å². The zero-order valence-electron chi connectivity index (χ0n) is 13.3. The maximum absolute atomic E-state index is 11.3. The van der Waals surface area contributed by atoms with E-state index in [-0.39, 0.29) is 18.8 Å². The Balaban J connectivity index is 1.76.